The first-order valence-corrected chi connectivity index (χ1v) is 11.6. The first-order valence-electron chi connectivity index (χ1n) is 5.73. The molecule has 0 aromatic heterocycles. The zero-order valence-electron chi connectivity index (χ0n) is 11.1. The number of rotatable bonds is 7. The Bertz CT molecular complexity index is 246. The van der Waals surface area contributed by atoms with Crippen LogP contribution in [-0.4, -0.2) is 29.9 Å². The molecular formula is C11H24O3Si2. The van der Waals surface area contributed by atoms with E-state index in [1.54, 1.807) is 6.92 Å². The zero-order chi connectivity index (χ0) is 12.8. The molecule has 0 heterocycles. The van der Waals surface area contributed by atoms with Crippen molar-refractivity contribution in [2.24, 2.45) is 0 Å². The van der Waals surface area contributed by atoms with Crippen molar-refractivity contribution in [3.8, 4) is 0 Å². The van der Waals surface area contributed by atoms with Gasteiger partial charge in [0.1, 0.15) is 0 Å². The lowest BCUT2D eigenvalue weighted by Crippen LogP contribution is -2.33. The van der Waals surface area contributed by atoms with Gasteiger partial charge in [0, 0.05) is 5.57 Å². The Kier molecular flexibility index (Phi) is 6.86. The van der Waals surface area contributed by atoms with Crippen LogP contribution in [0.25, 0.3) is 0 Å². The summed E-state index contributed by atoms with van der Waals surface area (Å²) in [6, 6.07) is 1.06. The third-order valence-electron chi connectivity index (χ3n) is 1.89. The summed E-state index contributed by atoms with van der Waals surface area (Å²) in [7, 11) is -2.45. The Hall–Kier alpha value is -0.396. The second kappa shape index (κ2) is 7.03. The van der Waals surface area contributed by atoms with E-state index in [1.807, 2.05) is 0 Å². The van der Waals surface area contributed by atoms with Gasteiger partial charge >= 0.3 is 5.97 Å². The van der Waals surface area contributed by atoms with Gasteiger partial charge in [0.15, 0.2) is 17.4 Å². The molecule has 0 fully saturated rings. The number of carbonyl (C=O) groups is 1. The Morgan fingerprint density at radius 3 is 2.38 bits per heavy atom. The average Bonchev–Trinajstić information content (AvgIpc) is 2.08. The van der Waals surface area contributed by atoms with E-state index in [4.69, 9.17) is 8.85 Å². The standard InChI is InChI=1S/C11H24O3Si2/c1-10(2)11(12)13-8-7-9-15(3)14-16(4,5)6/h15H,1,7-9H2,2-6H3. The largest absolute Gasteiger partial charge is 0.462 e. The van der Waals surface area contributed by atoms with Gasteiger partial charge in [-0.1, -0.05) is 6.58 Å². The molecule has 94 valence electrons. The lowest BCUT2D eigenvalue weighted by molar-refractivity contribution is -0.138. The van der Waals surface area contributed by atoms with Crippen molar-refractivity contribution < 1.29 is 13.6 Å². The number of ether oxygens (including phenoxy) is 1. The molecule has 1 atom stereocenters. The highest BCUT2D eigenvalue weighted by Gasteiger charge is 2.18. The number of carbonyl (C=O) groups excluding carboxylic acids is 1. The molecule has 0 saturated heterocycles. The van der Waals surface area contributed by atoms with Crippen LogP contribution in [0, 0.1) is 0 Å². The molecule has 0 N–H and O–H groups in total. The van der Waals surface area contributed by atoms with Crippen molar-refractivity contribution in [1.29, 1.82) is 0 Å². The molecule has 0 rings (SSSR count). The smallest absolute Gasteiger partial charge is 0.333 e. The van der Waals surface area contributed by atoms with Crippen molar-refractivity contribution in [2.75, 3.05) is 6.61 Å². The molecule has 0 bridgehead atoms. The molecule has 0 aliphatic rings. The van der Waals surface area contributed by atoms with E-state index in [9.17, 15) is 4.79 Å². The Labute approximate surface area is 102 Å². The topological polar surface area (TPSA) is 35.5 Å². The summed E-state index contributed by atoms with van der Waals surface area (Å²) in [5.41, 5.74) is 0.462. The first-order chi connectivity index (χ1) is 7.22. The third kappa shape index (κ3) is 8.88. The van der Waals surface area contributed by atoms with E-state index in [0.717, 1.165) is 12.5 Å². The maximum Gasteiger partial charge on any atom is 0.333 e. The molecule has 0 radical (unpaired) electrons. The minimum atomic E-state index is -1.38. The Morgan fingerprint density at radius 1 is 1.38 bits per heavy atom. The predicted octanol–water partition coefficient (Wildman–Crippen LogP) is 2.70. The lowest BCUT2D eigenvalue weighted by Gasteiger charge is -2.22. The van der Waals surface area contributed by atoms with Crippen LogP contribution >= 0.6 is 0 Å². The van der Waals surface area contributed by atoms with E-state index >= 15 is 0 Å². The number of hydrogen-bond acceptors (Lipinski definition) is 3. The summed E-state index contributed by atoms with van der Waals surface area (Å²) in [5, 5.41) is 0. The van der Waals surface area contributed by atoms with Crippen molar-refractivity contribution >= 4 is 23.3 Å². The molecular weight excluding hydrogens is 236 g/mol. The third-order valence-corrected chi connectivity index (χ3v) is 7.55. The fourth-order valence-corrected chi connectivity index (χ4v) is 7.36. The summed E-state index contributed by atoms with van der Waals surface area (Å²) in [6.07, 6.45) is 0.900. The maximum absolute atomic E-state index is 11.1. The van der Waals surface area contributed by atoms with Gasteiger partial charge in [-0.2, -0.15) is 0 Å². The summed E-state index contributed by atoms with van der Waals surface area (Å²) in [5.74, 6) is -0.291. The normalized spacial score (nSPS) is 13.3. The first kappa shape index (κ1) is 15.6. The van der Waals surface area contributed by atoms with Crippen LogP contribution in [0.15, 0.2) is 12.2 Å². The predicted molar refractivity (Wildman–Crippen MR) is 72.6 cm³/mol. The van der Waals surface area contributed by atoms with Crippen LogP contribution in [0.5, 0.6) is 0 Å². The molecule has 16 heavy (non-hydrogen) atoms. The molecule has 1 unspecified atom stereocenters. The number of hydrogen-bond donors (Lipinski definition) is 0. The van der Waals surface area contributed by atoms with Crippen molar-refractivity contribution in [3.63, 3.8) is 0 Å². The van der Waals surface area contributed by atoms with Crippen LogP contribution in [0.3, 0.4) is 0 Å². The molecule has 0 spiro atoms. The SMILES string of the molecule is C=C(C)C(=O)OCCC[SiH](C)O[Si](C)(C)C. The lowest BCUT2D eigenvalue weighted by atomic mass is 10.4. The van der Waals surface area contributed by atoms with Crippen LogP contribution in [0.2, 0.25) is 32.2 Å². The highest BCUT2D eigenvalue weighted by atomic mass is 28.4. The quantitative estimate of drug-likeness (QED) is 0.305. The fourth-order valence-electron chi connectivity index (χ4n) is 1.32. The average molecular weight is 260 g/mol. The van der Waals surface area contributed by atoms with Crippen molar-refractivity contribution in [2.45, 2.75) is 45.6 Å². The van der Waals surface area contributed by atoms with Gasteiger partial charge in [0.25, 0.3) is 0 Å². The van der Waals surface area contributed by atoms with Crippen LogP contribution in [0.4, 0.5) is 0 Å². The minimum absolute atomic E-state index is 0.291. The monoisotopic (exact) mass is 260 g/mol. The van der Waals surface area contributed by atoms with Crippen LogP contribution in [0.1, 0.15) is 13.3 Å². The van der Waals surface area contributed by atoms with Crippen molar-refractivity contribution in [3.05, 3.63) is 12.2 Å². The van der Waals surface area contributed by atoms with Gasteiger partial charge in [0.05, 0.1) is 6.61 Å². The van der Waals surface area contributed by atoms with E-state index in [1.165, 1.54) is 0 Å². The highest BCUT2D eigenvalue weighted by Crippen LogP contribution is 2.09. The van der Waals surface area contributed by atoms with E-state index < -0.39 is 17.4 Å². The van der Waals surface area contributed by atoms with Gasteiger partial charge < -0.3 is 8.85 Å². The van der Waals surface area contributed by atoms with Gasteiger partial charge in [-0.15, -0.1) is 0 Å². The molecule has 0 aliphatic carbocycles. The maximum atomic E-state index is 11.1. The molecule has 3 nitrogen and oxygen atoms in total. The molecule has 0 amide bonds. The van der Waals surface area contributed by atoms with E-state index in [-0.39, 0.29) is 5.97 Å². The van der Waals surface area contributed by atoms with E-state index in [2.05, 4.69) is 32.8 Å². The van der Waals surface area contributed by atoms with Gasteiger partial charge in [-0.3, -0.25) is 0 Å². The van der Waals surface area contributed by atoms with Gasteiger partial charge in [-0.25, -0.2) is 4.79 Å². The van der Waals surface area contributed by atoms with E-state index in [0.29, 0.717) is 12.2 Å². The molecule has 0 aromatic carbocycles. The molecule has 0 aliphatic heterocycles. The second-order valence-corrected chi connectivity index (χ2v) is 12.5. The molecule has 5 heteroatoms. The van der Waals surface area contributed by atoms with Gasteiger partial charge in [0.2, 0.25) is 0 Å². The van der Waals surface area contributed by atoms with Crippen molar-refractivity contribution in [1.82, 2.24) is 0 Å². The summed E-state index contributed by atoms with van der Waals surface area (Å²) in [4.78, 5) is 11.1. The summed E-state index contributed by atoms with van der Waals surface area (Å²) < 4.78 is 11.0. The summed E-state index contributed by atoms with van der Waals surface area (Å²) in [6.45, 7) is 14.5. The minimum Gasteiger partial charge on any atom is -0.462 e. The zero-order valence-corrected chi connectivity index (χ0v) is 13.3. The highest BCUT2D eigenvalue weighted by molar-refractivity contribution is 6.77. The fraction of sp³-hybridized carbons (Fsp3) is 0.727. The Balaban J connectivity index is 3.60. The molecule has 0 saturated carbocycles. The molecule has 0 aromatic rings. The van der Waals surface area contributed by atoms with Crippen LogP contribution in [-0.2, 0) is 13.6 Å². The number of esters is 1. The van der Waals surface area contributed by atoms with Crippen LogP contribution < -0.4 is 0 Å². The Morgan fingerprint density at radius 2 is 1.94 bits per heavy atom. The van der Waals surface area contributed by atoms with Gasteiger partial charge in [-0.05, 0) is 45.6 Å². The summed E-state index contributed by atoms with van der Waals surface area (Å²) >= 11 is 0. The second-order valence-electron chi connectivity index (χ2n) is 5.10.